The van der Waals surface area contributed by atoms with E-state index in [-0.39, 0.29) is 17.7 Å². The van der Waals surface area contributed by atoms with Crippen LogP contribution in [0.3, 0.4) is 0 Å². The quantitative estimate of drug-likeness (QED) is 0.652. The highest BCUT2D eigenvalue weighted by molar-refractivity contribution is 5.79. The smallest absolute Gasteiger partial charge is 0.222 e. The minimum atomic E-state index is 0.172. The first-order valence-electron chi connectivity index (χ1n) is 4.80. The summed E-state index contributed by atoms with van der Waals surface area (Å²) < 4.78 is 0. The van der Waals surface area contributed by atoms with Gasteiger partial charge >= 0.3 is 0 Å². The van der Waals surface area contributed by atoms with Gasteiger partial charge in [-0.3, -0.25) is 4.79 Å². The molecular weight excluding hydrogens is 164 g/mol. The van der Waals surface area contributed by atoms with Crippen LogP contribution in [0.5, 0.6) is 0 Å². The van der Waals surface area contributed by atoms with Crippen LogP contribution in [-0.4, -0.2) is 13.0 Å². The van der Waals surface area contributed by atoms with Crippen LogP contribution in [0.25, 0.3) is 0 Å². The summed E-state index contributed by atoms with van der Waals surface area (Å²) in [5, 5.41) is 11.3. The molecule has 2 rings (SSSR count). The third-order valence-corrected chi connectivity index (χ3v) is 3.52. The van der Waals surface area contributed by atoms with Crippen LogP contribution < -0.4 is 5.32 Å². The highest BCUT2D eigenvalue weighted by Crippen LogP contribution is 2.60. The van der Waals surface area contributed by atoms with E-state index in [2.05, 4.69) is 11.4 Å². The van der Waals surface area contributed by atoms with Crippen molar-refractivity contribution in [1.82, 2.24) is 5.32 Å². The fourth-order valence-electron chi connectivity index (χ4n) is 2.79. The van der Waals surface area contributed by atoms with Crippen LogP contribution in [0.4, 0.5) is 0 Å². The monoisotopic (exact) mass is 178 g/mol. The molecule has 3 heteroatoms. The average molecular weight is 178 g/mol. The van der Waals surface area contributed by atoms with Crippen LogP contribution in [0, 0.1) is 28.6 Å². The van der Waals surface area contributed by atoms with Crippen LogP contribution in [-0.2, 0) is 4.79 Å². The first-order valence-corrected chi connectivity index (χ1v) is 4.80. The molecule has 0 radical (unpaired) electrons. The minimum absolute atomic E-state index is 0.172. The van der Waals surface area contributed by atoms with Crippen molar-refractivity contribution in [3.63, 3.8) is 0 Å². The van der Waals surface area contributed by atoms with E-state index in [4.69, 9.17) is 5.26 Å². The SMILES string of the molecule is CNC(=O)C1CC2(CC(C#N)C2)C1. The van der Waals surface area contributed by atoms with Gasteiger partial charge in [0.15, 0.2) is 0 Å². The van der Waals surface area contributed by atoms with Gasteiger partial charge in [0.05, 0.1) is 6.07 Å². The number of carbonyl (C=O) groups excluding carboxylic acids is 1. The van der Waals surface area contributed by atoms with Gasteiger partial charge in [-0.15, -0.1) is 0 Å². The van der Waals surface area contributed by atoms with E-state index in [1.54, 1.807) is 7.05 Å². The molecule has 0 aromatic carbocycles. The zero-order valence-corrected chi connectivity index (χ0v) is 7.84. The van der Waals surface area contributed by atoms with E-state index in [1.165, 1.54) is 0 Å². The van der Waals surface area contributed by atoms with Crippen LogP contribution >= 0.6 is 0 Å². The Hall–Kier alpha value is -1.04. The zero-order valence-electron chi connectivity index (χ0n) is 7.84. The maximum Gasteiger partial charge on any atom is 0.222 e. The molecular formula is C10H14N2O. The Labute approximate surface area is 78.1 Å². The van der Waals surface area contributed by atoms with Crippen molar-refractivity contribution in [3.8, 4) is 6.07 Å². The predicted molar refractivity (Wildman–Crippen MR) is 47.6 cm³/mol. The average Bonchev–Trinajstić information content (AvgIpc) is 1.99. The van der Waals surface area contributed by atoms with Crippen molar-refractivity contribution in [3.05, 3.63) is 0 Å². The van der Waals surface area contributed by atoms with Gasteiger partial charge in [0.25, 0.3) is 0 Å². The molecule has 2 aliphatic carbocycles. The molecule has 0 aromatic heterocycles. The molecule has 0 unspecified atom stereocenters. The van der Waals surface area contributed by atoms with E-state index in [0.29, 0.717) is 5.41 Å². The Morgan fingerprint density at radius 2 is 2.08 bits per heavy atom. The van der Waals surface area contributed by atoms with Crippen molar-refractivity contribution < 1.29 is 4.79 Å². The number of carbonyl (C=O) groups is 1. The van der Waals surface area contributed by atoms with Crippen molar-refractivity contribution in [2.24, 2.45) is 17.3 Å². The number of amides is 1. The van der Waals surface area contributed by atoms with Gasteiger partial charge in [-0.2, -0.15) is 5.26 Å². The largest absolute Gasteiger partial charge is 0.359 e. The second-order valence-electron chi connectivity index (χ2n) is 4.45. The van der Waals surface area contributed by atoms with Gasteiger partial charge in [0.1, 0.15) is 0 Å². The lowest BCUT2D eigenvalue weighted by atomic mass is 9.48. The summed E-state index contributed by atoms with van der Waals surface area (Å²) in [7, 11) is 1.69. The molecule has 3 nitrogen and oxygen atoms in total. The predicted octanol–water partition coefficient (Wildman–Crippen LogP) is 1.06. The van der Waals surface area contributed by atoms with Crippen LogP contribution in [0.15, 0.2) is 0 Å². The molecule has 0 atom stereocenters. The van der Waals surface area contributed by atoms with Gasteiger partial charge in [-0.25, -0.2) is 0 Å². The first kappa shape index (κ1) is 8.55. The standard InChI is InChI=1S/C10H14N2O/c1-12-9(13)8-4-10(5-8)2-7(3-10)6-11/h7-8H,2-5H2,1H3,(H,12,13). The molecule has 13 heavy (non-hydrogen) atoms. The number of rotatable bonds is 1. The second kappa shape index (κ2) is 2.73. The highest BCUT2D eigenvalue weighted by atomic mass is 16.1. The summed E-state index contributed by atoms with van der Waals surface area (Å²) in [6.45, 7) is 0. The molecule has 2 saturated carbocycles. The molecule has 2 aliphatic rings. The Balaban J connectivity index is 1.80. The second-order valence-corrected chi connectivity index (χ2v) is 4.45. The van der Waals surface area contributed by atoms with Crippen molar-refractivity contribution in [2.45, 2.75) is 25.7 Å². The third-order valence-electron chi connectivity index (χ3n) is 3.52. The summed E-state index contributed by atoms with van der Waals surface area (Å²) in [6.07, 6.45) is 4.06. The Kier molecular flexibility index (Phi) is 1.80. The molecule has 0 heterocycles. The fourth-order valence-corrected chi connectivity index (χ4v) is 2.79. The van der Waals surface area contributed by atoms with Crippen molar-refractivity contribution in [1.29, 1.82) is 5.26 Å². The maximum absolute atomic E-state index is 11.2. The lowest BCUT2D eigenvalue weighted by molar-refractivity contribution is -0.138. The zero-order chi connectivity index (χ0) is 9.47. The number of nitrogens with zero attached hydrogens (tertiary/aromatic N) is 1. The van der Waals surface area contributed by atoms with Gasteiger partial charge in [-0.05, 0) is 31.1 Å². The van der Waals surface area contributed by atoms with E-state index in [9.17, 15) is 4.79 Å². The molecule has 1 amide bonds. The fraction of sp³-hybridized carbons (Fsp3) is 0.800. The van der Waals surface area contributed by atoms with Crippen LogP contribution in [0.2, 0.25) is 0 Å². The Bertz CT molecular complexity index is 265. The number of hydrogen-bond donors (Lipinski definition) is 1. The minimum Gasteiger partial charge on any atom is -0.359 e. The molecule has 0 aromatic rings. The summed E-state index contributed by atoms with van der Waals surface area (Å²) in [5.41, 5.74) is 0.386. The lowest BCUT2D eigenvalue weighted by Gasteiger charge is -2.55. The Morgan fingerprint density at radius 3 is 2.54 bits per heavy atom. The van der Waals surface area contributed by atoms with Gasteiger partial charge in [0.2, 0.25) is 5.91 Å². The molecule has 0 saturated heterocycles. The van der Waals surface area contributed by atoms with E-state index in [0.717, 1.165) is 25.7 Å². The number of hydrogen-bond acceptors (Lipinski definition) is 2. The third kappa shape index (κ3) is 1.21. The van der Waals surface area contributed by atoms with Crippen LogP contribution in [0.1, 0.15) is 25.7 Å². The summed E-state index contributed by atoms with van der Waals surface area (Å²) >= 11 is 0. The van der Waals surface area contributed by atoms with Gasteiger partial charge in [0, 0.05) is 18.9 Å². The Morgan fingerprint density at radius 1 is 1.46 bits per heavy atom. The molecule has 0 aliphatic heterocycles. The first-order chi connectivity index (χ1) is 6.19. The lowest BCUT2D eigenvalue weighted by Crippen LogP contribution is -2.51. The summed E-state index contributed by atoms with van der Waals surface area (Å²) in [6, 6.07) is 2.28. The molecule has 2 fully saturated rings. The van der Waals surface area contributed by atoms with E-state index < -0.39 is 0 Å². The molecule has 0 bridgehead atoms. The number of nitrogens with one attached hydrogen (secondary N) is 1. The molecule has 1 spiro atoms. The van der Waals surface area contributed by atoms with E-state index >= 15 is 0 Å². The van der Waals surface area contributed by atoms with Crippen molar-refractivity contribution in [2.75, 3.05) is 7.05 Å². The molecule has 70 valence electrons. The van der Waals surface area contributed by atoms with E-state index in [1.807, 2.05) is 0 Å². The summed E-state index contributed by atoms with van der Waals surface area (Å²) in [5.74, 6) is 0.668. The maximum atomic E-state index is 11.2. The van der Waals surface area contributed by atoms with Crippen molar-refractivity contribution >= 4 is 5.91 Å². The van der Waals surface area contributed by atoms with Gasteiger partial charge in [-0.1, -0.05) is 0 Å². The molecule has 1 N–H and O–H groups in total. The summed E-state index contributed by atoms with van der Waals surface area (Å²) in [4.78, 5) is 11.2. The normalized spacial score (nSPS) is 41.5. The topological polar surface area (TPSA) is 52.9 Å². The highest BCUT2D eigenvalue weighted by Gasteiger charge is 2.54. The van der Waals surface area contributed by atoms with Gasteiger partial charge < -0.3 is 5.32 Å². The number of nitriles is 1.